The van der Waals surface area contributed by atoms with Crippen LogP contribution in [0.3, 0.4) is 0 Å². The van der Waals surface area contributed by atoms with E-state index in [0.717, 1.165) is 17.7 Å². The van der Waals surface area contributed by atoms with Crippen molar-refractivity contribution in [3.63, 3.8) is 0 Å². The highest BCUT2D eigenvalue weighted by atomic mass is 19.1. The average Bonchev–Trinajstić information content (AvgIpc) is 2.57. The van der Waals surface area contributed by atoms with Crippen molar-refractivity contribution in [2.75, 3.05) is 13.1 Å². The fourth-order valence-electron chi connectivity index (χ4n) is 2.14. The van der Waals surface area contributed by atoms with Gasteiger partial charge in [-0.05, 0) is 24.1 Å². The van der Waals surface area contributed by atoms with Gasteiger partial charge in [-0.3, -0.25) is 9.59 Å². The minimum absolute atomic E-state index is 0.124. The number of hydrogen-bond donors (Lipinski definition) is 2. The fraction of sp³-hybridized carbons (Fsp3) is 0.222. The first kappa shape index (κ1) is 17.6. The number of carbonyl (C=O) groups excluding carboxylic acids is 2. The fourth-order valence-corrected chi connectivity index (χ4v) is 2.14. The highest BCUT2D eigenvalue weighted by molar-refractivity contribution is 5.94. The van der Waals surface area contributed by atoms with Crippen molar-refractivity contribution in [3.05, 3.63) is 71.3 Å². The van der Waals surface area contributed by atoms with Crippen LogP contribution >= 0.6 is 0 Å². The van der Waals surface area contributed by atoms with Gasteiger partial charge in [0, 0.05) is 25.6 Å². The van der Waals surface area contributed by atoms with Gasteiger partial charge >= 0.3 is 0 Å². The lowest BCUT2D eigenvalue weighted by molar-refractivity contribution is -0.121. The largest absolute Gasteiger partial charge is 0.354 e. The first-order valence-electron chi connectivity index (χ1n) is 7.60. The molecule has 126 valence electrons. The summed E-state index contributed by atoms with van der Waals surface area (Å²) in [6.07, 6.45) is 0.990. The summed E-state index contributed by atoms with van der Waals surface area (Å²) >= 11 is 0. The van der Waals surface area contributed by atoms with E-state index in [4.69, 9.17) is 0 Å². The summed E-state index contributed by atoms with van der Waals surface area (Å²) in [6.45, 7) is 0.398. The standard InChI is InChI=1S/C18H18F2N2O2/c19-14-7-8-15(16(20)12-14)18(24)22-11-10-21-17(23)9-6-13-4-2-1-3-5-13/h1-5,7-8,12H,6,9-11H2,(H,21,23)(H,22,24). The highest BCUT2D eigenvalue weighted by Crippen LogP contribution is 2.09. The average molecular weight is 332 g/mol. The van der Waals surface area contributed by atoms with Crippen molar-refractivity contribution in [3.8, 4) is 0 Å². The van der Waals surface area contributed by atoms with Crippen LogP contribution < -0.4 is 10.6 Å². The Morgan fingerprint density at radius 1 is 0.917 bits per heavy atom. The topological polar surface area (TPSA) is 58.2 Å². The molecule has 4 nitrogen and oxygen atoms in total. The van der Waals surface area contributed by atoms with Crippen molar-refractivity contribution >= 4 is 11.8 Å². The van der Waals surface area contributed by atoms with Gasteiger partial charge in [0.05, 0.1) is 5.56 Å². The Morgan fingerprint density at radius 2 is 1.62 bits per heavy atom. The van der Waals surface area contributed by atoms with Crippen molar-refractivity contribution in [1.82, 2.24) is 10.6 Å². The predicted octanol–water partition coefficient (Wildman–Crippen LogP) is 2.44. The number of rotatable bonds is 7. The molecule has 0 saturated heterocycles. The number of hydrogen-bond acceptors (Lipinski definition) is 2. The summed E-state index contributed by atoms with van der Waals surface area (Å²) in [6, 6.07) is 12.4. The van der Waals surface area contributed by atoms with Crippen molar-refractivity contribution < 1.29 is 18.4 Å². The zero-order valence-corrected chi connectivity index (χ0v) is 13.0. The van der Waals surface area contributed by atoms with Crippen molar-refractivity contribution in [1.29, 1.82) is 0 Å². The Kier molecular flexibility index (Phi) is 6.42. The van der Waals surface area contributed by atoms with Gasteiger partial charge in [0.2, 0.25) is 5.91 Å². The molecule has 0 unspecified atom stereocenters. The van der Waals surface area contributed by atoms with E-state index in [9.17, 15) is 18.4 Å². The second kappa shape index (κ2) is 8.76. The molecule has 2 amide bonds. The zero-order valence-electron chi connectivity index (χ0n) is 13.0. The molecular formula is C18H18F2N2O2. The van der Waals surface area contributed by atoms with Crippen LogP contribution in [0.15, 0.2) is 48.5 Å². The molecule has 2 rings (SSSR count). The number of aryl methyl sites for hydroxylation is 1. The van der Waals surface area contributed by atoms with Crippen LogP contribution in [0.5, 0.6) is 0 Å². The van der Waals surface area contributed by atoms with Gasteiger partial charge in [-0.25, -0.2) is 8.78 Å². The molecule has 0 aromatic heterocycles. The third kappa shape index (κ3) is 5.46. The van der Waals surface area contributed by atoms with E-state index in [2.05, 4.69) is 10.6 Å². The van der Waals surface area contributed by atoms with Gasteiger partial charge < -0.3 is 10.6 Å². The van der Waals surface area contributed by atoms with Gasteiger partial charge in [0.15, 0.2) is 0 Å². The molecule has 0 bridgehead atoms. The van der Waals surface area contributed by atoms with Crippen LogP contribution in [0.4, 0.5) is 8.78 Å². The molecule has 0 aliphatic heterocycles. The lowest BCUT2D eigenvalue weighted by Gasteiger charge is -2.08. The first-order chi connectivity index (χ1) is 11.6. The zero-order chi connectivity index (χ0) is 17.4. The van der Waals surface area contributed by atoms with Gasteiger partial charge in [-0.2, -0.15) is 0 Å². The Bertz CT molecular complexity index is 705. The monoisotopic (exact) mass is 332 g/mol. The third-order valence-corrected chi connectivity index (χ3v) is 3.39. The van der Waals surface area contributed by atoms with Crippen LogP contribution in [-0.4, -0.2) is 24.9 Å². The maximum absolute atomic E-state index is 13.4. The molecule has 0 spiro atoms. The summed E-state index contributed by atoms with van der Waals surface area (Å²) in [5, 5.41) is 5.15. The molecule has 0 saturated carbocycles. The molecule has 0 aliphatic rings. The van der Waals surface area contributed by atoms with E-state index in [1.54, 1.807) is 0 Å². The molecule has 6 heteroatoms. The number of carbonyl (C=O) groups is 2. The number of halogens is 2. The maximum atomic E-state index is 13.4. The van der Waals surface area contributed by atoms with E-state index in [-0.39, 0.29) is 24.6 Å². The van der Waals surface area contributed by atoms with E-state index in [0.29, 0.717) is 18.9 Å². The molecule has 0 aliphatic carbocycles. The van der Waals surface area contributed by atoms with Crippen LogP contribution in [-0.2, 0) is 11.2 Å². The number of benzene rings is 2. The van der Waals surface area contributed by atoms with Gasteiger partial charge in [0.25, 0.3) is 5.91 Å². The van der Waals surface area contributed by atoms with Gasteiger partial charge in [-0.15, -0.1) is 0 Å². The summed E-state index contributed by atoms with van der Waals surface area (Å²) in [7, 11) is 0. The van der Waals surface area contributed by atoms with Gasteiger partial charge in [-0.1, -0.05) is 30.3 Å². The quantitative estimate of drug-likeness (QED) is 0.765. The Balaban J connectivity index is 1.67. The Morgan fingerprint density at radius 3 is 2.33 bits per heavy atom. The third-order valence-electron chi connectivity index (χ3n) is 3.39. The van der Waals surface area contributed by atoms with Crippen LogP contribution in [0.1, 0.15) is 22.3 Å². The Hall–Kier alpha value is -2.76. The summed E-state index contributed by atoms with van der Waals surface area (Å²) in [5.74, 6) is -2.43. The highest BCUT2D eigenvalue weighted by Gasteiger charge is 2.11. The van der Waals surface area contributed by atoms with E-state index >= 15 is 0 Å². The van der Waals surface area contributed by atoms with E-state index < -0.39 is 17.5 Å². The molecule has 0 radical (unpaired) electrons. The Labute approximate surface area is 138 Å². The van der Waals surface area contributed by atoms with Crippen molar-refractivity contribution in [2.24, 2.45) is 0 Å². The summed E-state index contributed by atoms with van der Waals surface area (Å²) < 4.78 is 26.2. The van der Waals surface area contributed by atoms with E-state index in [1.807, 2.05) is 30.3 Å². The molecule has 0 atom stereocenters. The van der Waals surface area contributed by atoms with Gasteiger partial charge in [0.1, 0.15) is 11.6 Å². The second-order valence-electron chi connectivity index (χ2n) is 5.22. The molecular weight excluding hydrogens is 314 g/mol. The molecule has 24 heavy (non-hydrogen) atoms. The summed E-state index contributed by atoms with van der Waals surface area (Å²) in [4.78, 5) is 23.4. The smallest absolute Gasteiger partial charge is 0.254 e. The normalized spacial score (nSPS) is 10.2. The lowest BCUT2D eigenvalue weighted by Crippen LogP contribution is -2.35. The van der Waals surface area contributed by atoms with E-state index in [1.165, 1.54) is 0 Å². The van der Waals surface area contributed by atoms with Crippen LogP contribution in [0, 0.1) is 11.6 Å². The maximum Gasteiger partial charge on any atom is 0.254 e. The molecule has 2 aromatic carbocycles. The number of nitrogens with one attached hydrogen (secondary N) is 2. The molecule has 2 N–H and O–H groups in total. The SMILES string of the molecule is O=C(CCc1ccccc1)NCCNC(=O)c1ccc(F)cc1F. The van der Waals surface area contributed by atoms with Crippen LogP contribution in [0.25, 0.3) is 0 Å². The lowest BCUT2D eigenvalue weighted by atomic mass is 10.1. The van der Waals surface area contributed by atoms with Crippen LogP contribution in [0.2, 0.25) is 0 Å². The molecule has 2 aromatic rings. The minimum Gasteiger partial charge on any atom is -0.354 e. The second-order valence-corrected chi connectivity index (χ2v) is 5.22. The predicted molar refractivity (Wildman–Crippen MR) is 86.5 cm³/mol. The van der Waals surface area contributed by atoms with Crippen molar-refractivity contribution in [2.45, 2.75) is 12.8 Å². The first-order valence-corrected chi connectivity index (χ1v) is 7.60. The number of amides is 2. The molecule has 0 fully saturated rings. The summed E-state index contributed by atoms with van der Waals surface area (Å²) in [5.41, 5.74) is 0.847. The molecule has 0 heterocycles. The minimum atomic E-state index is -0.917.